The van der Waals surface area contributed by atoms with E-state index in [-0.39, 0.29) is 5.56 Å². The van der Waals surface area contributed by atoms with E-state index in [0.29, 0.717) is 18.7 Å². The minimum atomic E-state index is -1.06. The first-order chi connectivity index (χ1) is 7.15. The quantitative estimate of drug-likeness (QED) is 0.574. The summed E-state index contributed by atoms with van der Waals surface area (Å²) in [5, 5.41) is 11.6. The summed E-state index contributed by atoms with van der Waals surface area (Å²) in [7, 11) is 0. The summed E-state index contributed by atoms with van der Waals surface area (Å²) >= 11 is 0. The smallest absolute Gasteiger partial charge is 0.335 e. The third-order valence-corrected chi connectivity index (χ3v) is 1.90. The number of carbonyl (C=O) groups is 1. The van der Waals surface area contributed by atoms with E-state index in [1.165, 1.54) is 12.1 Å². The molecule has 1 aromatic carbocycles. The second-order valence-electron chi connectivity index (χ2n) is 3.03. The predicted molar refractivity (Wildman–Crippen MR) is 55.3 cm³/mol. The highest BCUT2D eigenvalue weighted by Crippen LogP contribution is 2.10. The summed E-state index contributed by atoms with van der Waals surface area (Å²) in [5.41, 5.74) is 0.434. The average Bonchev–Trinajstić information content (AvgIpc) is 2.20. The summed E-state index contributed by atoms with van der Waals surface area (Å²) in [4.78, 5) is 10.6. The second-order valence-corrected chi connectivity index (χ2v) is 3.03. The lowest BCUT2D eigenvalue weighted by atomic mass is 10.1. The van der Waals surface area contributed by atoms with Crippen molar-refractivity contribution in [1.29, 1.82) is 0 Å². The number of rotatable bonds is 5. The van der Waals surface area contributed by atoms with Crippen LogP contribution in [0.4, 0.5) is 4.39 Å². The van der Waals surface area contributed by atoms with Crippen LogP contribution < -0.4 is 5.32 Å². The summed E-state index contributed by atoms with van der Waals surface area (Å²) in [5.74, 6) is -1.46. The molecule has 0 unspecified atom stereocenters. The molecule has 4 heteroatoms. The first-order valence-electron chi connectivity index (χ1n) is 4.48. The van der Waals surface area contributed by atoms with Gasteiger partial charge in [0.15, 0.2) is 0 Å². The molecule has 15 heavy (non-hydrogen) atoms. The number of carboxylic acid groups (broad SMARTS) is 1. The number of halogens is 1. The third-order valence-electron chi connectivity index (χ3n) is 1.90. The van der Waals surface area contributed by atoms with Crippen LogP contribution in [0.1, 0.15) is 15.9 Å². The number of aromatic carboxylic acids is 1. The van der Waals surface area contributed by atoms with Crippen LogP contribution in [-0.4, -0.2) is 17.6 Å². The zero-order chi connectivity index (χ0) is 11.3. The Hall–Kier alpha value is -1.68. The molecule has 0 amide bonds. The normalized spacial score (nSPS) is 9.93. The molecule has 0 fully saturated rings. The van der Waals surface area contributed by atoms with Crippen molar-refractivity contribution in [3.63, 3.8) is 0 Å². The SMILES string of the molecule is C=CCNCc1cc(C(=O)O)ccc1F. The standard InChI is InChI=1S/C11H12FNO2/c1-2-5-13-7-9-6-8(11(14)15)3-4-10(9)12/h2-4,6,13H,1,5,7H2,(H,14,15). The molecule has 0 radical (unpaired) electrons. The van der Waals surface area contributed by atoms with Gasteiger partial charge in [-0.25, -0.2) is 9.18 Å². The molecular weight excluding hydrogens is 197 g/mol. The van der Waals surface area contributed by atoms with Crippen LogP contribution in [-0.2, 0) is 6.54 Å². The average molecular weight is 209 g/mol. The Morgan fingerprint density at radius 1 is 1.60 bits per heavy atom. The lowest BCUT2D eigenvalue weighted by Gasteiger charge is -2.04. The van der Waals surface area contributed by atoms with Crippen molar-refractivity contribution in [2.45, 2.75) is 6.54 Å². The lowest BCUT2D eigenvalue weighted by Crippen LogP contribution is -2.14. The molecule has 0 saturated carbocycles. The molecule has 0 saturated heterocycles. The Morgan fingerprint density at radius 2 is 2.33 bits per heavy atom. The highest BCUT2D eigenvalue weighted by molar-refractivity contribution is 5.87. The summed E-state index contributed by atoms with van der Waals surface area (Å²) in [6.45, 7) is 4.35. The van der Waals surface area contributed by atoms with Crippen LogP contribution in [0, 0.1) is 5.82 Å². The predicted octanol–water partition coefficient (Wildman–Crippen LogP) is 1.80. The highest BCUT2D eigenvalue weighted by atomic mass is 19.1. The van der Waals surface area contributed by atoms with E-state index in [1.54, 1.807) is 6.08 Å². The second kappa shape index (κ2) is 5.26. The van der Waals surface area contributed by atoms with Gasteiger partial charge in [0.25, 0.3) is 0 Å². The van der Waals surface area contributed by atoms with Crippen LogP contribution in [0.3, 0.4) is 0 Å². The van der Waals surface area contributed by atoms with Crippen molar-refractivity contribution in [1.82, 2.24) is 5.32 Å². The molecule has 2 N–H and O–H groups in total. The van der Waals surface area contributed by atoms with Crippen LogP contribution in [0.2, 0.25) is 0 Å². The van der Waals surface area contributed by atoms with E-state index in [4.69, 9.17) is 5.11 Å². The Labute approximate surface area is 87.2 Å². The summed E-state index contributed by atoms with van der Waals surface area (Å²) in [6.07, 6.45) is 1.65. The van der Waals surface area contributed by atoms with Crippen molar-refractivity contribution in [2.24, 2.45) is 0 Å². The summed E-state index contributed by atoms with van der Waals surface area (Å²) in [6, 6.07) is 3.73. The highest BCUT2D eigenvalue weighted by Gasteiger charge is 2.07. The molecule has 3 nitrogen and oxygen atoms in total. The van der Waals surface area contributed by atoms with Crippen molar-refractivity contribution < 1.29 is 14.3 Å². The molecule has 0 aliphatic heterocycles. The van der Waals surface area contributed by atoms with Gasteiger partial charge in [-0.05, 0) is 18.2 Å². The van der Waals surface area contributed by atoms with Gasteiger partial charge in [0.2, 0.25) is 0 Å². The van der Waals surface area contributed by atoms with Crippen molar-refractivity contribution >= 4 is 5.97 Å². The molecule has 0 atom stereocenters. The van der Waals surface area contributed by atoms with E-state index in [9.17, 15) is 9.18 Å². The monoisotopic (exact) mass is 209 g/mol. The molecule has 0 spiro atoms. The van der Waals surface area contributed by atoms with Gasteiger partial charge in [-0.2, -0.15) is 0 Å². The number of benzene rings is 1. The molecule has 0 aliphatic carbocycles. The third kappa shape index (κ3) is 3.18. The van der Waals surface area contributed by atoms with Crippen LogP contribution in [0.25, 0.3) is 0 Å². The van der Waals surface area contributed by atoms with Gasteiger partial charge >= 0.3 is 5.97 Å². The van der Waals surface area contributed by atoms with Crippen molar-refractivity contribution in [3.05, 3.63) is 47.8 Å². The van der Waals surface area contributed by atoms with Gasteiger partial charge in [0.1, 0.15) is 5.82 Å². The van der Waals surface area contributed by atoms with E-state index >= 15 is 0 Å². The fourth-order valence-corrected chi connectivity index (χ4v) is 1.15. The van der Waals surface area contributed by atoms with Crippen molar-refractivity contribution in [2.75, 3.05) is 6.54 Å². The van der Waals surface area contributed by atoms with E-state index in [1.807, 2.05) is 0 Å². The fraction of sp³-hybridized carbons (Fsp3) is 0.182. The minimum Gasteiger partial charge on any atom is -0.478 e. The van der Waals surface area contributed by atoms with Crippen LogP contribution in [0.15, 0.2) is 30.9 Å². The number of carboxylic acids is 1. The van der Waals surface area contributed by atoms with Gasteiger partial charge < -0.3 is 10.4 Å². The Bertz CT molecular complexity index is 377. The zero-order valence-corrected chi connectivity index (χ0v) is 8.16. The molecule has 1 rings (SSSR count). The topological polar surface area (TPSA) is 49.3 Å². The first-order valence-corrected chi connectivity index (χ1v) is 4.48. The lowest BCUT2D eigenvalue weighted by molar-refractivity contribution is 0.0696. The van der Waals surface area contributed by atoms with Gasteiger partial charge in [-0.15, -0.1) is 6.58 Å². The van der Waals surface area contributed by atoms with Gasteiger partial charge in [-0.3, -0.25) is 0 Å². The first kappa shape index (κ1) is 11.4. The molecule has 0 bridgehead atoms. The largest absolute Gasteiger partial charge is 0.478 e. The van der Waals surface area contributed by atoms with E-state index < -0.39 is 11.8 Å². The number of nitrogens with one attached hydrogen (secondary N) is 1. The van der Waals surface area contributed by atoms with Crippen molar-refractivity contribution in [3.8, 4) is 0 Å². The van der Waals surface area contributed by atoms with Gasteiger partial charge in [0, 0.05) is 18.7 Å². The Morgan fingerprint density at radius 3 is 2.93 bits per heavy atom. The molecule has 0 aromatic heterocycles. The van der Waals surface area contributed by atoms with E-state index in [0.717, 1.165) is 6.07 Å². The fourth-order valence-electron chi connectivity index (χ4n) is 1.15. The van der Waals surface area contributed by atoms with Gasteiger partial charge in [0.05, 0.1) is 5.56 Å². The molecule has 80 valence electrons. The van der Waals surface area contributed by atoms with Gasteiger partial charge in [-0.1, -0.05) is 6.08 Å². The summed E-state index contributed by atoms with van der Waals surface area (Å²) < 4.78 is 13.2. The molecule has 1 aromatic rings. The maximum absolute atomic E-state index is 13.2. The van der Waals surface area contributed by atoms with E-state index in [2.05, 4.69) is 11.9 Å². The number of hydrogen-bond donors (Lipinski definition) is 2. The number of hydrogen-bond acceptors (Lipinski definition) is 2. The molecule has 0 aliphatic rings. The minimum absolute atomic E-state index is 0.0896. The Balaban J connectivity index is 2.80. The van der Waals surface area contributed by atoms with Crippen LogP contribution in [0.5, 0.6) is 0 Å². The van der Waals surface area contributed by atoms with Crippen LogP contribution >= 0.6 is 0 Å². The zero-order valence-electron chi connectivity index (χ0n) is 8.16. The molecular formula is C11H12FNO2. The molecule has 0 heterocycles. The maximum Gasteiger partial charge on any atom is 0.335 e. The Kier molecular flexibility index (Phi) is 4.00. The maximum atomic E-state index is 13.2.